The molecule has 2 aromatic rings. The molecule has 5 nitrogen and oxygen atoms in total. The van der Waals surface area contributed by atoms with E-state index in [4.69, 9.17) is 11.5 Å². The highest BCUT2D eigenvalue weighted by molar-refractivity contribution is 5.53. The van der Waals surface area contributed by atoms with E-state index in [1.165, 1.54) is 0 Å². The number of anilines is 4. The van der Waals surface area contributed by atoms with Gasteiger partial charge in [-0.2, -0.15) is 0 Å². The Kier molecular flexibility index (Phi) is 5.29. The minimum absolute atomic E-state index is 0.121. The summed E-state index contributed by atoms with van der Waals surface area (Å²) in [5, 5.41) is 15.9. The molecule has 1 unspecified atom stereocenters. The second-order valence-electron chi connectivity index (χ2n) is 4.98. The van der Waals surface area contributed by atoms with E-state index >= 15 is 0 Å². The minimum Gasteiger partial charge on any atom is -0.399 e. The lowest BCUT2D eigenvalue weighted by molar-refractivity contribution is 0.281. The number of nitrogens with two attached hydrogens (primary N) is 2. The highest BCUT2D eigenvalue weighted by Crippen LogP contribution is 2.14. The van der Waals surface area contributed by atoms with Crippen LogP contribution in [0.5, 0.6) is 0 Å². The van der Waals surface area contributed by atoms with Crippen molar-refractivity contribution in [2.75, 3.05) is 35.3 Å². The van der Waals surface area contributed by atoms with Crippen molar-refractivity contribution in [2.24, 2.45) is 0 Å². The van der Waals surface area contributed by atoms with E-state index in [2.05, 4.69) is 10.6 Å². The van der Waals surface area contributed by atoms with Gasteiger partial charge in [0.15, 0.2) is 0 Å². The fourth-order valence-corrected chi connectivity index (χ4v) is 2.04. The second kappa shape index (κ2) is 7.40. The fourth-order valence-electron chi connectivity index (χ4n) is 2.04. The first-order chi connectivity index (χ1) is 10.2. The van der Waals surface area contributed by atoms with E-state index in [1.54, 1.807) is 0 Å². The molecule has 7 N–H and O–H groups in total. The number of nitrogen functional groups attached to an aromatic ring is 2. The Balaban J connectivity index is 1.92. The van der Waals surface area contributed by atoms with E-state index in [0.717, 1.165) is 22.7 Å². The summed E-state index contributed by atoms with van der Waals surface area (Å²) in [6.07, 6.45) is 0.659. The normalized spacial score (nSPS) is 11.9. The Bertz CT molecular complexity index is 539. The van der Waals surface area contributed by atoms with Gasteiger partial charge in [-0.3, -0.25) is 0 Å². The van der Waals surface area contributed by atoms with Crippen LogP contribution in [0.25, 0.3) is 0 Å². The molecule has 5 heteroatoms. The van der Waals surface area contributed by atoms with Crippen LogP contribution in [0.3, 0.4) is 0 Å². The van der Waals surface area contributed by atoms with Crippen molar-refractivity contribution in [3.05, 3.63) is 48.5 Å². The Morgan fingerprint density at radius 2 is 1.38 bits per heavy atom. The van der Waals surface area contributed by atoms with Gasteiger partial charge in [-0.25, -0.2) is 0 Å². The van der Waals surface area contributed by atoms with Crippen LogP contribution < -0.4 is 22.1 Å². The Morgan fingerprint density at radius 3 is 1.90 bits per heavy atom. The van der Waals surface area contributed by atoms with Crippen LogP contribution in [0.4, 0.5) is 22.7 Å². The molecular weight excluding hydrogens is 264 g/mol. The molecule has 0 aliphatic carbocycles. The molecular formula is C16H22N4O. The SMILES string of the molecule is Nc1ccc(NCC(CCO)Nc2ccc(N)cc2)cc1. The predicted octanol–water partition coefficient (Wildman–Crippen LogP) is 2.13. The van der Waals surface area contributed by atoms with Crippen LogP contribution in [0, 0.1) is 0 Å². The van der Waals surface area contributed by atoms with Crippen molar-refractivity contribution in [1.29, 1.82) is 0 Å². The number of nitrogens with one attached hydrogen (secondary N) is 2. The Morgan fingerprint density at radius 1 is 0.857 bits per heavy atom. The lowest BCUT2D eigenvalue weighted by Crippen LogP contribution is -2.29. The van der Waals surface area contributed by atoms with Gasteiger partial charge in [0.1, 0.15) is 0 Å². The quantitative estimate of drug-likeness (QED) is 0.502. The minimum atomic E-state index is 0.121. The van der Waals surface area contributed by atoms with Gasteiger partial charge in [-0.05, 0) is 55.0 Å². The molecule has 1 atom stereocenters. The topological polar surface area (TPSA) is 96.3 Å². The molecule has 0 fully saturated rings. The van der Waals surface area contributed by atoms with Gasteiger partial charge in [0.2, 0.25) is 0 Å². The predicted molar refractivity (Wildman–Crippen MR) is 89.3 cm³/mol. The molecule has 21 heavy (non-hydrogen) atoms. The van der Waals surface area contributed by atoms with Crippen molar-refractivity contribution >= 4 is 22.7 Å². The molecule has 2 aromatic carbocycles. The molecule has 0 radical (unpaired) electrons. The van der Waals surface area contributed by atoms with Crippen LogP contribution in [0.15, 0.2) is 48.5 Å². The smallest absolute Gasteiger partial charge is 0.0455 e. The summed E-state index contributed by atoms with van der Waals surface area (Å²) in [4.78, 5) is 0. The highest BCUT2D eigenvalue weighted by Gasteiger charge is 2.08. The van der Waals surface area contributed by atoms with Crippen molar-refractivity contribution in [1.82, 2.24) is 0 Å². The van der Waals surface area contributed by atoms with Crippen LogP contribution in [-0.4, -0.2) is 24.3 Å². The van der Waals surface area contributed by atoms with E-state index in [9.17, 15) is 5.11 Å². The largest absolute Gasteiger partial charge is 0.399 e. The van der Waals surface area contributed by atoms with Gasteiger partial charge in [-0.1, -0.05) is 0 Å². The van der Waals surface area contributed by atoms with Crippen molar-refractivity contribution < 1.29 is 5.11 Å². The van der Waals surface area contributed by atoms with E-state index < -0.39 is 0 Å². The summed E-state index contributed by atoms with van der Waals surface area (Å²) in [6, 6.07) is 15.3. The fraction of sp³-hybridized carbons (Fsp3) is 0.250. The molecule has 0 aliphatic heterocycles. The van der Waals surface area contributed by atoms with Gasteiger partial charge in [0, 0.05) is 41.9 Å². The van der Waals surface area contributed by atoms with Gasteiger partial charge in [0.05, 0.1) is 0 Å². The molecule has 0 heterocycles. The average Bonchev–Trinajstić information content (AvgIpc) is 2.49. The lowest BCUT2D eigenvalue weighted by Gasteiger charge is -2.20. The summed E-state index contributed by atoms with van der Waals surface area (Å²) >= 11 is 0. The molecule has 0 aliphatic rings. The zero-order valence-corrected chi connectivity index (χ0v) is 11.9. The van der Waals surface area contributed by atoms with Gasteiger partial charge in [0.25, 0.3) is 0 Å². The van der Waals surface area contributed by atoms with Gasteiger partial charge >= 0.3 is 0 Å². The maximum absolute atomic E-state index is 9.19. The molecule has 0 saturated carbocycles. The second-order valence-corrected chi connectivity index (χ2v) is 4.98. The highest BCUT2D eigenvalue weighted by atomic mass is 16.3. The first-order valence-electron chi connectivity index (χ1n) is 7.00. The third-order valence-electron chi connectivity index (χ3n) is 3.22. The number of rotatable bonds is 7. The van der Waals surface area contributed by atoms with Crippen LogP contribution in [0.1, 0.15) is 6.42 Å². The lowest BCUT2D eigenvalue weighted by atomic mass is 10.2. The summed E-state index contributed by atoms with van der Waals surface area (Å²) in [5.74, 6) is 0. The number of hydrogen-bond acceptors (Lipinski definition) is 5. The first-order valence-corrected chi connectivity index (χ1v) is 7.00. The van der Waals surface area contributed by atoms with Crippen LogP contribution in [-0.2, 0) is 0 Å². The summed E-state index contributed by atoms with van der Waals surface area (Å²) in [7, 11) is 0. The first kappa shape index (κ1) is 15.0. The zero-order valence-electron chi connectivity index (χ0n) is 11.9. The van der Waals surface area contributed by atoms with Crippen LogP contribution >= 0.6 is 0 Å². The third-order valence-corrected chi connectivity index (χ3v) is 3.22. The molecule has 0 amide bonds. The van der Waals surface area contributed by atoms with Gasteiger partial charge < -0.3 is 27.2 Å². The number of aliphatic hydroxyl groups excluding tert-OH is 1. The molecule has 0 spiro atoms. The zero-order chi connectivity index (χ0) is 15.1. The van der Waals surface area contributed by atoms with Crippen molar-refractivity contribution in [2.45, 2.75) is 12.5 Å². The number of aliphatic hydroxyl groups is 1. The van der Waals surface area contributed by atoms with Crippen LogP contribution in [0.2, 0.25) is 0 Å². The summed E-state index contributed by atoms with van der Waals surface area (Å²) in [5.41, 5.74) is 14.8. The number of hydrogen-bond donors (Lipinski definition) is 5. The maximum atomic E-state index is 9.19. The molecule has 0 bridgehead atoms. The standard InChI is InChI=1S/C16H22N4O/c17-12-1-5-14(6-2-12)19-11-16(9-10-21)20-15-7-3-13(18)4-8-15/h1-8,16,19-21H,9-11,17-18H2. The van der Waals surface area contributed by atoms with E-state index in [-0.39, 0.29) is 12.6 Å². The summed E-state index contributed by atoms with van der Waals surface area (Å²) < 4.78 is 0. The Hall–Kier alpha value is -2.40. The monoisotopic (exact) mass is 286 g/mol. The van der Waals surface area contributed by atoms with Crippen molar-refractivity contribution in [3.63, 3.8) is 0 Å². The van der Waals surface area contributed by atoms with Crippen molar-refractivity contribution in [3.8, 4) is 0 Å². The molecule has 2 rings (SSSR count). The number of benzene rings is 2. The van der Waals surface area contributed by atoms with E-state index in [0.29, 0.717) is 13.0 Å². The molecule has 112 valence electrons. The average molecular weight is 286 g/mol. The molecule has 0 aromatic heterocycles. The summed E-state index contributed by atoms with van der Waals surface area (Å²) in [6.45, 7) is 0.838. The van der Waals surface area contributed by atoms with Gasteiger partial charge in [-0.15, -0.1) is 0 Å². The Labute approximate surface area is 125 Å². The molecule has 0 saturated heterocycles. The maximum Gasteiger partial charge on any atom is 0.0455 e. The van der Waals surface area contributed by atoms with E-state index in [1.807, 2.05) is 48.5 Å². The third kappa shape index (κ3) is 4.89.